The van der Waals surface area contributed by atoms with Crippen LogP contribution in [0.1, 0.15) is 0 Å². The monoisotopic (exact) mass is 434 g/mol. The fraction of sp³-hybridized carbons (Fsp3) is 0. The predicted octanol–water partition coefficient (Wildman–Crippen LogP) is 6.58. The average Bonchev–Trinajstić information content (AvgIpc) is 3.19. The van der Waals surface area contributed by atoms with Gasteiger partial charge in [0, 0.05) is 21.9 Å². The van der Waals surface area contributed by atoms with Crippen LogP contribution in [-0.2, 0) is 0 Å². The lowest BCUT2D eigenvalue weighted by atomic mass is 10.2. The molecule has 0 bridgehead atoms. The van der Waals surface area contributed by atoms with Crippen LogP contribution < -0.4 is 0 Å². The Balaban J connectivity index is 1.67. The van der Waals surface area contributed by atoms with Crippen LogP contribution in [0, 0.1) is 11.6 Å². The molecule has 33 heavy (non-hydrogen) atoms. The minimum absolute atomic E-state index is 0.339. The van der Waals surface area contributed by atoms with E-state index < -0.39 is 0 Å². The number of aromatic nitrogens is 4. The molecule has 2 aromatic heterocycles. The van der Waals surface area contributed by atoms with E-state index in [1.165, 1.54) is 24.3 Å². The summed E-state index contributed by atoms with van der Waals surface area (Å²) in [6.45, 7) is 0. The fourth-order valence-electron chi connectivity index (χ4n) is 4.06. The molecule has 0 saturated carbocycles. The van der Waals surface area contributed by atoms with Gasteiger partial charge >= 0.3 is 0 Å². The summed E-state index contributed by atoms with van der Waals surface area (Å²) in [5.41, 5.74) is 3.23. The molecule has 2 heterocycles. The molecular weight excluding hydrogens is 418 g/mol. The summed E-state index contributed by atoms with van der Waals surface area (Å²) in [5.74, 6) is 0.562. The maximum Gasteiger partial charge on any atom is 0.238 e. The molecule has 0 N–H and O–H groups in total. The van der Waals surface area contributed by atoms with Crippen molar-refractivity contribution >= 4 is 21.8 Å². The molecular formula is C27H16F2N4. The number of hydrogen-bond acceptors (Lipinski definition) is 3. The summed E-state index contributed by atoms with van der Waals surface area (Å²) in [5, 5.41) is 2.17. The molecule has 6 heteroatoms. The summed E-state index contributed by atoms with van der Waals surface area (Å²) < 4.78 is 29.1. The first-order chi connectivity index (χ1) is 16.2. The molecule has 0 saturated heterocycles. The van der Waals surface area contributed by atoms with E-state index in [-0.39, 0.29) is 11.6 Å². The smallest absolute Gasteiger partial charge is 0.238 e. The van der Waals surface area contributed by atoms with Gasteiger partial charge in [-0.25, -0.2) is 13.8 Å². The average molecular weight is 434 g/mol. The molecule has 0 aliphatic carbocycles. The molecule has 0 aliphatic heterocycles. The van der Waals surface area contributed by atoms with Crippen LogP contribution in [0.5, 0.6) is 0 Å². The maximum absolute atomic E-state index is 13.5. The number of hydrogen-bond donors (Lipinski definition) is 0. The van der Waals surface area contributed by atoms with Crippen LogP contribution in [0.25, 0.3) is 50.5 Å². The molecule has 0 aliphatic rings. The molecule has 4 nitrogen and oxygen atoms in total. The van der Waals surface area contributed by atoms with E-state index in [9.17, 15) is 8.78 Å². The zero-order chi connectivity index (χ0) is 22.4. The third kappa shape index (κ3) is 3.32. The molecule has 0 unspecified atom stereocenters. The normalized spacial score (nSPS) is 11.3. The van der Waals surface area contributed by atoms with Crippen molar-refractivity contribution in [3.63, 3.8) is 0 Å². The third-order valence-corrected chi connectivity index (χ3v) is 5.61. The van der Waals surface area contributed by atoms with Crippen molar-refractivity contribution in [3.8, 4) is 28.7 Å². The van der Waals surface area contributed by atoms with Gasteiger partial charge in [-0.15, -0.1) is 0 Å². The Bertz CT molecular complexity index is 1500. The van der Waals surface area contributed by atoms with Crippen LogP contribution in [0.2, 0.25) is 0 Å². The van der Waals surface area contributed by atoms with E-state index in [1.54, 1.807) is 24.3 Å². The fourth-order valence-corrected chi connectivity index (χ4v) is 4.06. The van der Waals surface area contributed by atoms with E-state index in [4.69, 9.17) is 9.97 Å². The van der Waals surface area contributed by atoms with Crippen molar-refractivity contribution in [1.29, 1.82) is 0 Å². The largest absolute Gasteiger partial charge is 0.278 e. The molecule has 0 fully saturated rings. The topological polar surface area (TPSA) is 43.6 Å². The van der Waals surface area contributed by atoms with Crippen LogP contribution in [0.15, 0.2) is 97.1 Å². The van der Waals surface area contributed by atoms with Crippen molar-refractivity contribution < 1.29 is 8.78 Å². The summed E-state index contributed by atoms with van der Waals surface area (Å²) in [6, 6.07) is 28.1. The lowest BCUT2D eigenvalue weighted by Gasteiger charge is -2.10. The van der Waals surface area contributed by atoms with Gasteiger partial charge in [-0.2, -0.15) is 9.97 Å². The van der Waals surface area contributed by atoms with Gasteiger partial charge in [-0.1, -0.05) is 36.4 Å². The highest BCUT2D eigenvalue weighted by molar-refractivity contribution is 6.08. The lowest BCUT2D eigenvalue weighted by Crippen LogP contribution is -2.06. The number of fused-ring (bicyclic) bond motifs is 3. The Labute approximate surface area is 187 Å². The van der Waals surface area contributed by atoms with Gasteiger partial charge in [-0.3, -0.25) is 4.57 Å². The number of benzene rings is 4. The molecule has 158 valence electrons. The van der Waals surface area contributed by atoms with Crippen LogP contribution in [0.3, 0.4) is 0 Å². The van der Waals surface area contributed by atoms with E-state index in [1.807, 2.05) is 41.0 Å². The standard InChI is InChI=1S/C27H16F2N4/c28-19-13-9-17(10-14-19)25-30-26(18-11-15-20(29)16-12-18)32-27(31-25)33-23-7-3-1-5-21(23)22-6-2-4-8-24(22)33/h1-16H. The maximum atomic E-state index is 13.5. The molecule has 0 radical (unpaired) electrons. The van der Waals surface area contributed by atoms with E-state index >= 15 is 0 Å². The van der Waals surface area contributed by atoms with Crippen molar-refractivity contribution in [3.05, 3.63) is 109 Å². The summed E-state index contributed by atoms with van der Waals surface area (Å²) in [7, 11) is 0. The summed E-state index contributed by atoms with van der Waals surface area (Å²) >= 11 is 0. The minimum atomic E-state index is -0.339. The van der Waals surface area contributed by atoms with Crippen molar-refractivity contribution in [2.75, 3.05) is 0 Å². The molecule has 6 aromatic rings. The first kappa shape index (κ1) is 19.3. The van der Waals surface area contributed by atoms with E-state index in [0.29, 0.717) is 28.7 Å². The number of rotatable bonds is 3. The molecule has 0 amide bonds. The molecule has 6 rings (SSSR count). The molecule has 0 atom stereocenters. The zero-order valence-electron chi connectivity index (χ0n) is 17.3. The predicted molar refractivity (Wildman–Crippen MR) is 125 cm³/mol. The van der Waals surface area contributed by atoms with Gasteiger partial charge in [0.25, 0.3) is 0 Å². The first-order valence-corrected chi connectivity index (χ1v) is 10.4. The highest BCUT2D eigenvalue weighted by atomic mass is 19.1. The zero-order valence-corrected chi connectivity index (χ0v) is 17.3. The summed E-state index contributed by atoms with van der Waals surface area (Å²) in [6.07, 6.45) is 0. The van der Waals surface area contributed by atoms with Crippen molar-refractivity contribution in [2.24, 2.45) is 0 Å². The quantitative estimate of drug-likeness (QED) is 0.316. The van der Waals surface area contributed by atoms with Crippen LogP contribution in [-0.4, -0.2) is 19.5 Å². The van der Waals surface area contributed by atoms with Gasteiger partial charge in [0.05, 0.1) is 11.0 Å². The second-order valence-electron chi connectivity index (χ2n) is 7.67. The SMILES string of the molecule is Fc1ccc(-c2nc(-c3ccc(F)cc3)nc(-n3c4ccccc4c4ccccc43)n2)cc1. The number of para-hydroxylation sites is 2. The van der Waals surface area contributed by atoms with Gasteiger partial charge in [-0.05, 0) is 60.7 Å². The minimum Gasteiger partial charge on any atom is -0.278 e. The first-order valence-electron chi connectivity index (χ1n) is 10.4. The van der Waals surface area contributed by atoms with E-state index in [0.717, 1.165) is 21.8 Å². The Morgan fingerprint density at radius 1 is 0.485 bits per heavy atom. The highest BCUT2D eigenvalue weighted by Crippen LogP contribution is 2.32. The second-order valence-corrected chi connectivity index (χ2v) is 7.67. The Morgan fingerprint density at radius 3 is 1.36 bits per heavy atom. The van der Waals surface area contributed by atoms with Gasteiger partial charge in [0.15, 0.2) is 11.6 Å². The third-order valence-electron chi connectivity index (χ3n) is 5.61. The molecule has 4 aromatic carbocycles. The Kier molecular flexibility index (Phi) is 4.43. The van der Waals surface area contributed by atoms with Crippen molar-refractivity contribution in [2.45, 2.75) is 0 Å². The van der Waals surface area contributed by atoms with Crippen LogP contribution >= 0.6 is 0 Å². The van der Waals surface area contributed by atoms with Gasteiger partial charge < -0.3 is 0 Å². The van der Waals surface area contributed by atoms with Crippen molar-refractivity contribution in [1.82, 2.24) is 19.5 Å². The Hall–Kier alpha value is -4.45. The van der Waals surface area contributed by atoms with Gasteiger partial charge in [0.2, 0.25) is 5.95 Å². The second kappa shape index (κ2) is 7.60. The number of halogens is 2. The van der Waals surface area contributed by atoms with Crippen LogP contribution in [0.4, 0.5) is 8.78 Å². The number of nitrogens with zero attached hydrogens (tertiary/aromatic N) is 4. The highest BCUT2D eigenvalue weighted by Gasteiger charge is 2.17. The van der Waals surface area contributed by atoms with Gasteiger partial charge in [0.1, 0.15) is 11.6 Å². The molecule has 0 spiro atoms. The summed E-state index contributed by atoms with van der Waals surface area (Å²) in [4.78, 5) is 14.1. The lowest BCUT2D eigenvalue weighted by molar-refractivity contribution is 0.627. The Morgan fingerprint density at radius 2 is 0.909 bits per heavy atom. The van der Waals surface area contributed by atoms with E-state index in [2.05, 4.69) is 17.1 Å².